The van der Waals surface area contributed by atoms with Gasteiger partial charge in [-0.1, -0.05) is 67.8 Å². The van der Waals surface area contributed by atoms with Crippen LogP contribution in [0.4, 0.5) is 0 Å². The van der Waals surface area contributed by atoms with Crippen LogP contribution in [0.2, 0.25) is 0 Å². The number of hydrogen-bond acceptors (Lipinski definition) is 1. The van der Waals surface area contributed by atoms with Gasteiger partial charge in [-0.3, -0.25) is 4.79 Å². The largest absolute Gasteiger partial charge is 0.345 e. The van der Waals surface area contributed by atoms with Crippen molar-refractivity contribution in [1.82, 2.24) is 9.47 Å². The average Bonchev–Trinajstić information content (AvgIpc) is 3.20. The van der Waals surface area contributed by atoms with Gasteiger partial charge in [-0.15, -0.1) is 0 Å². The Hall–Kier alpha value is -2.81. The summed E-state index contributed by atoms with van der Waals surface area (Å²) in [7, 11) is 0. The fourth-order valence-electron chi connectivity index (χ4n) is 4.21. The Kier molecular flexibility index (Phi) is 5.91. The lowest BCUT2D eigenvalue weighted by Crippen LogP contribution is -2.41. The highest BCUT2D eigenvalue weighted by molar-refractivity contribution is 5.94. The van der Waals surface area contributed by atoms with Crippen molar-refractivity contribution in [2.45, 2.75) is 51.2 Å². The van der Waals surface area contributed by atoms with Gasteiger partial charge >= 0.3 is 0 Å². The van der Waals surface area contributed by atoms with Crippen LogP contribution in [0, 0.1) is 0 Å². The molecule has 1 saturated carbocycles. The molecule has 0 bridgehead atoms. The van der Waals surface area contributed by atoms with Gasteiger partial charge in [0.05, 0.1) is 6.54 Å². The molecule has 0 radical (unpaired) electrons. The van der Waals surface area contributed by atoms with E-state index in [-0.39, 0.29) is 5.91 Å². The fourth-order valence-corrected chi connectivity index (χ4v) is 4.21. The van der Waals surface area contributed by atoms with Gasteiger partial charge in [0.2, 0.25) is 0 Å². The molecule has 1 amide bonds. The van der Waals surface area contributed by atoms with E-state index in [0.29, 0.717) is 12.6 Å². The molecule has 1 fully saturated rings. The number of carbonyl (C=O) groups is 1. The second kappa shape index (κ2) is 8.92. The van der Waals surface area contributed by atoms with Crippen LogP contribution in [-0.2, 0) is 13.1 Å². The molecule has 1 aliphatic rings. The smallest absolute Gasteiger partial charge is 0.254 e. The number of hydrogen-bond donors (Lipinski definition) is 0. The molecule has 3 heteroatoms. The molecule has 3 nitrogen and oxygen atoms in total. The minimum Gasteiger partial charge on any atom is -0.345 e. The normalized spacial score (nSPS) is 14.7. The molecule has 0 spiro atoms. The summed E-state index contributed by atoms with van der Waals surface area (Å²) >= 11 is 0. The van der Waals surface area contributed by atoms with Gasteiger partial charge in [0, 0.05) is 30.0 Å². The summed E-state index contributed by atoms with van der Waals surface area (Å²) in [6, 6.07) is 24.8. The van der Waals surface area contributed by atoms with E-state index >= 15 is 0 Å². The summed E-state index contributed by atoms with van der Waals surface area (Å²) in [4.78, 5) is 15.5. The Bertz CT molecular complexity index is 879. The van der Waals surface area contributed by atoms with E-state index in [2.05, 4.69) is 52.1 Å². The molecule has 1 heterocycles. The van der Waals surface area contributed by atoms with Gasteiger partial charge in [0.25, 0.3) is 5.91 Å². The molecule has 3 aromatic rings. The van der Waals surface area contributed by atoms with Crippen molar-refractivity contribution in [3.8, 4) is 0 Å². The van der Waals surface area contributed by atoms with Crippen LogP contribution in [-0.4, -0.2) is 21.4 Å². The van der Waals surface area contributed by atoms with Crippen molar-refractivity contribution < 1.29 is 4.79 Å². The van der Waals surface area contributed by atoms with Gasteiger partial charge < -0.3 is 9.47 Å². The molecule has 0 N–H and O–H groups in total. The second-order valence-electron chi connectivity index (χ2n) is 7.70. The SMILES string of the molecule is O=C(c1ccccc1)N(Cc1cccn1Cc1ccccc1)C1CCCCC1. The van der Waals surface area contributed by atoms with Gasteiger partial charge in [0.1, 0.15) is 0 Å². The van der Waals surface area contributed by atoms with Crippen molar-refractivity contribution in [2.24, 2.45) is 0 Å². The van der Waals surface area contributed by atoms with Crippen LogP contribution >= 0.6 is 0 Å². The first kappa shape index (κ1) is 18.5. The van der Waals surface area contributed by atoms with Gasteiger partial charge in [-0.05, 0) is 42.7 Å². The number of carbonyl (C=O) groups excluding carboxylic acids is 1. The molecule has 0 aliphatic heterocycles. The van der Waals surface area contributed by atoms with E-state index in [9.17, 15) is 4.79 Å². The highest BCUT2D eigenvalue weighted by atomic mass is 16.2. The Morgan fingerprint density at radius 2 is 1.54 bits per heavy atom. The molecule has 144 valence electrons. The summed E-state index contributed by atoms with van der Waals surface area (Å²) < 4.78 is 2.27. The molecule has 0 unspecified atom stereocenters. The van der Waals surface area contributed by atoms with Crippen LogP contribution in [0.15, 0.2) is 79.0 Å². The van der Waals surface area contributed by atoms with Crippen molar-refractivity contribution >= 4 is 5.91 Å². The zero-order valence-corrected chi connectivity index (χ0v) is 16.3. The lowest BCUT2D eigenvalue weighted by atomic mass is 9.93. The van der Waals surface area contributed by atoms with Gasteiger partial charge in [0.15, 0.2) is 0 Å². The van der Waals surface area contributed by atoms with E-state index in [0.717, 1.165) is 24.9 Å². The van der Waals surface area contributed by atoms with Crippen molar-refractivity contribution in [3.05, 3.63) is 95.8 Å². The summed E-state index contributed by atoms with van der Waals surface area (Å²) in [6.45, 7) is 1.50. The molecule has 2 aromatic carbocycles. The highest BCUT2D eigenvalue weighted by Gasteiger charge is 2.27. The van der Waals surface area contributed by atoms with Crippen LogP contribution in [0.1, 0.15) is 53.7 Å². The quantitative estimate of drug-likeness (QED) is 0.560. The number of nitrogens with zero attached hydrogens (tertiary/aromatic N) is 2. The fraction of sp³-hybridized carbons (Fsp3) is 0.320. The lowest BCUT2D eigenvalue weighted by molar-refractivity contribution is 0.0608. The minimum absolute atomic E-state index is 0.153. The molecule has 0 saturated heterocycles. The van der Waals surface area contributed by atoms with Crippen LogP contribution in [0.5, 0.6) is 0 Å². The lowest BCUT2D eigenvalue weighted by Gasteiger charge is -2.35. The number of amides is 1. The first-order chi connectivity index (χ1) is 13.8. The van der Waals surface area contributed by atoms with Gasteiger partial charge in [-0.2, -0.15) is 0 Å². The van der Waals surface area contributed by atoms with E-state index in [1.54, 1.807) is 0 Å². The van der Waals surface area contributed by atoms with Crippen molar-refractivity contribution in [2.75, 3.05) is 0 Å². The maximum Gasteiger partial charge on any atom is 0.254 e. The van der Waals surface area contributed by atoms with Crippen LogP contribution in [0.3, 0.4) is 0 Å². The summed E-state index contributed by atoms with van der Waals surface area (Å²) in [5.41, 5.74) is 3.26. The topological polar surface area (TPSA) is 25.2 Å². The predicted octanol–water partition coefficient (Wildman–Crippen LogP) is 5.51. The third-order valence-corrected chi connectivity index (χ3v) is 5.75. The molecular formula is C25H28N2O. The van der Waals surface area contributed by atoms with Crippen molar-refractivity contribution in [3.63, 3.8) is 0 Å². The number of aromatic nitrogens is 1. The maximum atomic E-state index is 13.4. The predicted molar refractivity (Wildman–Crippen MR) is 113 cm³/mol. The number of rotatable bonds is 6. The van der Waals surface area contributed by atoms with Crippen LogP contribution in [0.25, 0.3) is 0 Å². The molecule has 4 rings (SSSR count). The number of benzene rings is 2. The Balaban J connectivity index is 1.58. The summed E-state index contributed by atoms with van der Waals surface area (Å²) in [5, 5.41) is 0. The van der Waals surface area contributed by atoms with E-state index in [1.807, 2.05) is 36.4 Å². The van der Waals surface area contributed by atoms with E-state index < -0.39 is 0 Å². The highest BCUT2D eigenvalue weighted by Crippen LogP contribution is 2.26. The molecule has 1 aliphatic carbocycles. The van der Waals surface area contributed by atoms with E-state index in [4.69, 9.17) is 0 Å². The van der Waals surface area contributed by atoms with Gasteiger partial charge in [-0.25, -0.2) is 0 Å². The molecule has 1 aromatic heterocycles. The van der Waals surface area contributed by atoms with Crippen LogP contribution < -0.4 is 0 Å². The zero-order valence-electron chi connectivity index (χ0n) is 16.3. The Morgan fingerprint density at radius 3 is 2.25 bits per heavy atom. The third-order valence-electron chi connectivity index (χ3n) is 5.75. The minimum atomic E-state index is 0.153. The monoisotopic (exact) mass is 372 g/mol. The molecule has 28 heavy (non-hydrogen) atoms. The molecule has 0 atom stereocenters. The standard InChI is InChI=1S/C25H28N2O/c28-25(22-13-6-2-7-14-22)27(23-15-8-3-9-16-23)20-24-17-10-18-26(24)19-21-11-4-1-5-12-21/h1-2,4-7,10-14,17-18,23H,3,8-9,15-16,19-20H2. The third kappa shape index (κ3) is 4.36. The zero-order chi connectivity index (χ0) is 19.2. The summed E-state index contributed by atoms with van der Waals surface area (Å²) in [5.74, 6) is 0.153. The van der Waals surface area contributed by atoms with E-state index in [1.165, 1.54) is 30.5 Å². The summed E-state index contributed by atoms with van der Waals surface area (Å²) in [6.07, 6.45) is 8.06. The maximum absolute atomic E-state index is 13.4. The second-order valence-corrected chi connectivity index (χ2v) is 7.70. The Labute approximate surface area is 167 Å². The first-order valence-electron chi connectivity index (χ1n) is 10.4. The first-order valence-corrected chi connectivity index (χ1v) is 10.4. The Morgan fingerprint density at radius 1 is 0.857 bits per heavy atom. The average molecular weight is 373 g/mol. The van der Waals surface area contributed by atoms with Crippen molar-refractivity contribution in [1.29, 1.82) is 0 Å². The molecular weight excluding hydrogens is 344 g/mol.